The summed E-state index contributed by atoms with van der Waals surface area (Å²) in [6.07, 6.45) is 4.95. The minimum absolute atomic E-state index is 0.238. The fraction of sp³-hybridized carbons (Fsp3) is 0.643. The van der Waals surface area contributed by atoms with Crippen molar-refractivity contribution in [2.75, 3.05) is 0 Å². The van der Waals surface area contributed by atoms with Crippen molar-refractivity contribution in [2.24, 2.45) is 11.3 Å². The number of carbonyl (C=O) groups is 1. The molecule has 0 saturated heterocycles. The van der Waals surface area contributed by atoms with Crippen LogP contribution in [0.2, 0.25) is 0 Å². The summed E-state index contributed by atoms with van der Waals surface area (Å²) in [6.45, 7) is 5.12. The van der Waals surface area contributed by atoms with Crippen molar-refractivity contribution < 1.29 is 9.53 Å². The third-order valence-electron chi connectivity index (χ3n) is 3.84. The summed E-state index contributed by atoms with van der Waals surface area (Å²) in [5.41, 5.74) is 3.55. The zero-order chi connectivity index (χ0) is 13.9. The van der Waals surface area contributed by atoms with E-state index in [0.717, 1.165) is 18.4 Å². The number of hydrazine groups is 1. The van der Waals surface area contributed by atoms with Gasteiger partial charge in [-0.15, -0.1) is 11.3 Å². The number of amides is 1. The van der Waals surface area contributed by atoms with Gasteiger partial charge in [0.15, 0.2) is 0 Å². The van der Waals surface area contributed by atoms with E-state index >= 15 is 0 Å². The fourth-order valence-corrected chi connectivity index (χ4v) is 3.27. The van der Waals surface area contributed by atoms with Gasteiger partial charge in [0, 0.05) is 5.56 Å². The van der Waals surface area contributed by atoms with Gasteiger partial charge in [-0.1, -0.05) is 13.8 Å². The molecule has 0 spiro atoms. The minimum atomic E-state index is -0.238. The Labute approximate surface area is 118 Å². The molecule has 1 saturated carbocycles. The molecule has 1 aromatic rings. The molecule has 2 rings (SSSR count). The standard InChI is InChI=1S/C14H22N2O2S/c1-14(2)6-3-11(4-7-14)18-9-10-5-8-19-12(10)13(17)16-15/h5,8,11H,3-4,6-7,9,15H2,1-2H3,(H,16,17). The van der Waals surface area contributed by atoms with Crippen LogP contribution in [-0.4, -0.2) is 12.0 Å². The highest BCUT2D eigenvalue weighted by molar-refractivity contribution is 7.12. The van der Waals surface area contributed by atoms with Crippen LogP contribution in [0, 0.1) is 5.41 Å². The van der Waals surface area contributed by atoms with E-state index in [4.69, 9.17) is 10.6 Å². The maximum Gasteiger partial charge on any atom is 0.275 e. The zero-order valence-corrected chi connectivity index (χ0v) is 12.4. The number of rotatable bonds is 4. The summed E-state index contributed by atoms with van der Waals surface area (Å²) >= 11 is 1.40. The normalized spacial score (nSPS) is 19.3. The Morgan fingerprint density at radius 3 is 2.84 bits per heavy atom. The first-order chi connectivity index (χ1) is 9.02. The van der Waals surface area contributed by atoms with Gasteiger partial charge in [0.1, 0.15) is 0 Å². The third-order valence-corrected chi connectivity index (χ3v) is 4.80. The van der Waals surface area contributed by atoms with Crippen LogP contribution in [0.4, 0.5) is 0 Å². The highest BCUT2D eigenvalue weighted by atomic mass is 32.1. The van der Waals surface area contributed by atoms with Gasteiger partial charge < -0.3 is 4.74 Å². The molecule has 1 aliphatic carbocycles. The van der Waals surface area contributed by atoms with E-state index < -0.39 is 0 Å². The Balaban J connectivity index is 1.86. The third kappa shape index (κ3) is 3.78. The minimum Gasteiger partial charge on any atom is -0.373 e. The predicted octanol–water partition coefficient (Wildman–Crippen LogP) is 2.84. The van der Waals surface area contributed by atoms with Gasteiger partial charge in [-0.2, -0.15) is 0 Å². The van der Waals surface area contributed by atoms with E-state index in [9.17, 15) is 4.79 Å². The molecule has 4 nitrogen and oxygen atoms in total. The van der Waals surface area contributed by atoms with Crippen LogP contribution in [0.1, 0.15) is 54.8 Å². The number of hydrogen-bond donors (Lipinski definition) is 2. The van der Waals surface area contributed by atoms with E-state index in [1.807, 2.05) is 11.4 Å². The highest BCUT2D eigenvalue weighted by Crippen LogP contribution is 2.36. The quantitative estimate of drug-likeness (QED) is 0.507. The van der Waals surface area contributed by atoms with E-state index in [-0.39, 0.29) is 5.91 Å². The lowest BCUT2D eigenvalue weighted by Crippen LogP contribution is -2.30. The Bertz CT molecular complexity index is 432. The summed E-state index contributed by atoms with van der Waals surface area (Å²) in [5, 5.41) is 1.90. The molecule has 19 heavy (non-hydrogen) atoms. The lowest BCUT2D eigenvalue weighted by Gasteiger charge is -2.34. The van der Waals surface area contributed by atoms with Crippen LogP contribution in [0.15, 0.2) is 11.4 Å². The van der Waals surface area contributed by atoms with Crippen molar-refractivity contribution in [1.29, 1.82) is 0 Å². The van der Waals surface area contributed by atoms with Crippen molar-refractivity contribution >= 4 is 17.2 Å². The molecule has 0 radical (unpaired) electrons. The Hall–Kier alpha value is -0.910. The molecule has 0 unspecified atom stereocenters. The van der Waals surface area contributed by atoms with Crippen molar-refractivity contribution in [1.82, 2.24) is 5.43 Å². The molecule has 1 aliphatic rings. The molecular weight excluding hydrogens is 260 g/mol. The first-order valence-corrected chi connectivity index (χ1v) is 7.59. The second-order valence-corrected chi connectivity index (χ2v) is 6.84. The summed E-state index contributed by atoms with van der Waals surface area (Å²) in [6, 6.07) is 1.93. The lowest BCUT2D eigenvalue weighted by molar-refractivity contribution is -0.00566. The number of ether oxygens (including phenoxy) is 1. The molecule has 0 bridgehead atoms. The van der Waals surface area contributed by atoms with Gasteiger partial charge in [0.05, 0.1) is 17.6 Å². The van der Waals surface area contributed by atoms with Crippen LogP contribution >= 0.6 is 11.3 Å². The second-order valence-electron chi connectivity index (χ2n) is 5.92. The highest BCUT2D eigenvalue weighted by Gasteiger charge is 2.27. The maximum absolute atomic E-state index is 11.6. The predicted molar refractivity (Wildman–Crippen MR) is 76.8 cm³/mol. The molecule has 0 atom stereocenters. The summed E-state index contributed by atoms with van der Waals surface area (Å²) in [4.78, 5) is 12.2. The van der Waals surface area contributed by atoms with Crippen LogP contribution in [0.3, 0.4) is 0 Å². The van der Waals surface area contributed by atoms with Crippen LogP contribution < -0.4 is 11.3 Å². The molecule has 106 valence electrons. The summed E-state index contributed by atoms with van der Waals surface area (Å²) in [5.74, 6) is 4.93. The van der Waals surface area contributed by atoms with E-state index in [1.54, 1.807) is 0 Å². The molecule has 1 aromatic heterocycles. The molecule has 0 aliphatic heterocycles. The number of thiophene rings is 1. The first-order valence-electron chi connectivity index (χ1n) is 6.71. The van der Waals surface area contributed by atoms with Gasteiger partial charge in [0.25, 0.3) is 5.91 Å². The van der Waals surface area contributed by atoms with Crippen molar-refractivity contribution in [3.63, 3.8) is 0 Å². The van der Waals surface area contributed by atoms with Gasteiger partial charge >= 0.3 is 0 Å². The van der Waals surface area contributed by atoms with E-state index in [1.165, 1.54) is 24.2 Å². The zero-order valence-electron chi connectivity index (χ0n) is 11.6. The molecular formula is C14H22N2O2S. The number of carbonyl (C=O) groups excluding carboxylic acids is 1. The number of nitrogen functional groups attached to an aromatic ring is 1. The van der Waals surface area contributed by atoms with Crippen molar-refractivity contribution in [3.8, 4) is 0 Å². The molecule has 0 aromatic carbocycles. The first kappa shape index (κ1) is 14.5. The van der Waals surface area contributed by atoms with Gasteiger partial charge in [0.2, 0.25) is 0 Å². The largest absolute Gasteiger partial charge is 0.373 e. The lowest BCUT2D eigenvalue weighted by atomic mass is 9.76. The Morgan fingerprint density at radius 2 is 2.21 bits per heavy atom. The maximum atomic E-state index is 11.6. The molecule has 1 amide bonds. The topological polar surface area (TPSA) is 64.3 Å². The van der Waals surface area contributed by atoms with Crippen LogP contribution in [0.5, 0.6) is 0 Å². The van der Waals surface area contributed by atoms with Gasteiger partial charge in [-0.05, 0) is 42.5 Å². The van der Waals surface area contributed by atoms with Crippen LogP contribution in [0.25, 0.3) is 0 Å². The second kappa shape index (κ2) is 6.03. The molecule has 1 fully saturated rings. The van der Waals surface area contributed by atoms with E-state index in [0.29, 0.717) is 23.0 Å². The van der Waals surface area contributed by atoms with Crippen molar-refractivity contribution in [2.45, 2.75) is 52.2 Å². The number of nitrogens with two attached hydrogens (primary N) is 1. The average molecular weight is 282 g/mol. The number of nitrogens with one attached hydrogen (secondary N) is 1. The monoisotopic (exact) mass is 282 g/mol. The fourth-order valence-electron chi connectivity index (χ4n) is 2.46. The smallest absolute Gasteiger partial charge is 0.275 e. The molecule has 5 heteroatoms. The van der Waals surface area contributed by atoms with Crippen molar-refractivity contribution in [3.05, 3.63) is 21.9 Å². The summed E-state index contributed by atoms with van der Waals surface area (Å²) in [7, 11) is 0. The Kier molecular flexibility index (Phi) is 4.60. The average Bonchev–Trinajstić information content (AvgIpc) is 2.85. The van der Waals surface area contributed by atoms with Crippen LogP contribution in [-0.2, 0) is 11.3 Å². The molecule has 1 heterocycles. The SMILES string of the molecule is CC1(C)CCC(OCc2ccsc2C(=O)NN)CC1. The molecule has 3 N–H and O–H groups in total. The Morgan fingerprint density at radius 1 is 1.53 bits per heavy atom. The van der Waals surface area contributed by atoms with Gasteiger partial charge in [-0.25, -0.2) is 5.84 Å². The number of hydrogen-bond acceptors (Lipinski definition) is 4. The summed E-state index contributed by atoms with van der Waals surface area (Å²) < 4.78 is 5.94. The van der Waals surface area contributed by atoms with Gasteiger partial charge in [-0.3, -0.25) is 10.2 Å². The van der Waals surface area contributed by atoms with E-state index in [2.05, 4.69) is 19.3 Å².